The number of methoxy groups -OCH3 is 1. The van der Waals surface area contributed by atoms with E-state index in [2.05, 4.69) is 4.90 Å². The Morgan fingerprint density at radius 2 is 2.17 bits per heavy atom. The molecule has 0 atom stereocenters. The Morgan fingerprint density at radius 1 is 1.44 bits per heavy atom. The van der Waals surface area contributed by atoms with Gasteiger partial charge in [0.1, 0.15) is 11.6 Å². The van der Waals surface area contributed by atoms with Crippen LogP contribution in [-0.4, -0.2) is 49.9 Å². The molecule has 0 aliphatic carbocycles. The van der Waals surface area contributed by atoms with Crippen molar-refractivity contribution in [2.45, 2.75) is 0 Å². The summed E-state index contributed by atoms with van der Waals surface area (Å²) in [4.78, 5) is 14.0. The Balaban J connectivity index is 2.58. The summed E-state index contributed by atoms with van der Waals surface area (Å²) >= 11 is 1.54. The molecule has 0 bridgehead atoms. The van der Waals surface area contributed by atoms with Gasteiger partial charge < -0.3 is 9.64 Å². The molecule has 0 saturated heterocycles. The van der Waals surface area contributed by atoms with Crippen LogP contribution < -0.4 is 4.74 Å². The van der Waals surface area contributed by atoms with Gasteiger partial charge in [-0.1, -0.05) is 0 Å². The summed E-state index contributed by atoms with van der Waals surface area (Å²) in [5, 5.41) is 0. The third kappa shape index (κ3) is 4.66. The highest BCUT2D eigenvalue weighted by atomic mass is 32.2. The largest absolute Gasteiger partial charge is 0.496 e. The van der Waals surface area contributed by atoms with Gasteiger partial charge in [-0.2, -0.15) is 11.8 Å². The Morgan fingerprint density at radius 3 is 2.78 bits per heavy atom. The van der Waals surface area contributed by atoms with E-state index in [0.29, 0.717) is 17.1 Å². The molecular formula is C13H18FNO2S. The van der Waals surface area contributed by atoms with E-state index in [1.807, 2.05) is 14.1 Å². The fourth-order valence-electron chi connectivity index (χ4n) is 1.39. The van der Waals surface area contributed by atoms with E-state index in [0.717, 1.165) is 12.3 Å². The first-order valence-corrected chi connectivity index (χ1v) is 6.79. The molecule has 5 heteroatoms. The first-order valence-electron chi connectivity index (χ1n) is 5.64. The van der Waals surface area contributed by atoms with Crippen molar-refractivity contribution in [2.75, 3.05) is 39.3 Å². The van der Waals surface area contributed by atoms with E-state index in [-0.39, 0.29) is 5.78 Å². The van der Waals surface area contributed by atoms with Gasteiger partial charge in [-0.15, -0.1) is 0 Å². The second-order valence-electron chi connectivity index (χ2n) is 4.12. The number of hydrogen-bond donors (Lipinski definition) is 0. The van der Waals surface area contributed by atoms with Crippen molar-refractivity contribution in [3.05, 3.63) is 29.6 Å². The summed E-state index contributed by atoms with van der Waals surface area (Å²) in [6.07, 6.45) is 0. The van der Waals surface area contributed by atoms with Crippen LogP contribution in [-0.2, 0) is 0 Å². The van der Waals surface area contributed by atoms with E-state index in [4.69, 9.17) is 4.74 Å². The number of hydrogen-bond acceptors (Lipinski definition) is 4. The van der Waals surface area contributed by atoms with Gasteiger partial charge in [-0.05, 0) is 32.3 Å². The third-order valence-electron chi connectivity index (χ3n) is 2.38. The monoisotopic (exact) mass is 271 g/mol. The van der Waals surface area contributed by atoms with Gasteiger partial charge >= 0.3 is 0 Å². The van der Waals surface area contributed by atoms with Gasteiger partial charge in [0, 0.05) is 12.3 Å². The van der Waals surface area contributed by atoms with Crippen molar-refractivity contribution in [3.63, 3.8) is 0 Å². The Bertz CT molecular complexity index is 410. The van der Waals surface area contributed by atoms with Gasteiger partial charge in [0.05, 0.1) is 18.4 Å². The molecule has 0 fully saturated rings. The van der Waals surface area contributed by atoms with Gasteiger partial charge in [0.2, 0.25) is 0 Å². The lowest BCUT2D eigenvalue weighted by atomic mass is 10.1. The minimum absolute atomic E-state index is 0.102. The molecule has 0 saturated carbocycles. The molecule has 0 radical (unpaired) electrons. The maximum Gasteiger partial charge on any atom is 0.176 e. The Kier molecular flexibility index (Phi) is 6.15. The fraction of sp³-hybridized carbons (Fsp3) is 0.462. The Hall–Kier alpha value is -1.07. The van der Waals surface area contributed by atoms with Crippen molar-refractivity contribution in [3.8, 4) is 5.75 Å². The number of nitrogens with zero attached hydrogens (tertiary/aromatic N) is 1. The topological polar surface area (TPSA) is 29.5 Å². The van der Waals surface area contributed by atoms with Crippen molar-refractivity contribution in [1.29, 1.82) is 0 Å². The van der Waals surface area contributed by atoms with E-state index in [9.17, 15) is 9.18 Å². The SMILES string of the molecule is COc1ccc(F)cc1C(=O)CSCCN(C)C. The van der Waals surface area contributed by atoms with E-state index in [1.54, 1.807) is 11.8 Å². The third-order valence-corrected chi connectivity index (χ3v) is 3.32. The molecule has 1 rings (SSSR count). The second-order valence-corrected chi connectivity index (χ2v) is 5.23. The molecule has 3 nitrogen and oxygen atoms in total. The molecule has 1 aromatic carbocycles. The number of thioether (sulfide) groups is 1. The number of ether oxygens (including phenoxy) is 1. The van der Waals surface area contributed by atoms with Crippen molar-refractivity contribution < 1.29 is 13.9 Å². The zero-order chi connectivity index (χ0) is 13.5. The van der Waals surface area contributed by atoms with Crippen LogP contribution in [0, 0.1) is 5.82 Å². The molecule has 0 amide bonds. The number of halogens is 1. The molecular weight excluding hydrogens is 253 g/mol. The van der Waals surface area contributed by atoms with Gasteiger partial charge in [0.25, 0.3) is 0 Å². The predicted octanol–water partition coefficient (Wildman–Crippen LogP) is 2.31. The average Bonchev–Trinajstić information content (AvgIpc) is 2.34. The van der Waals surface area contributed by atoms with E-state index < -0.39 is 5.82 Å². The van der Waals surface area contributed by atoms with Gasteiger partial charge in [-0.3, -0.25) is 4.79 Å². The lowest BCUT2D eigenvalue weighted by Crippen LogP contribution is -2.16. The molecule has 0 N–H and O–H groups in total. The number of rotatable bonds is 7. The first kappa shape index (κ1) is 15.0. The van der Waals surface area contributed by atoms with Crippen LogP contribution in [0.2, 0.25) is 0 Å². The lowest BCUT2D eigenvalue weighted by molar-refractivity contribution is 0.101. The summed E-state index contributed by atoms with van der Waals surface area (Å²) in [6, 6.07) is 4.00. The molecule has 0 spiro atoms. The minimum Gasteiger partial charge on any atom is -0.496 e. The van der Waals surface area contributed by atoms with E-state index in [1.165, 1.54) is 25.3 Å². The van der Waals surface area contributed by atoms with Crippen LogP contribution in [0.4, 0.5) is 4.39 Å². The molecule has 0 aromatic heterocycles. The van der Waals surface area contributed by atoms with Crippen LogP contribution in [0.1, 0.15) is 10.4 Å². The molecule has 1 aromatic rings. The van der Waals surface area contributed by atoms with Crippen molar-refractivity contribution in [1.82, 2.24) is 4.90 Å². The number of Topliss-reactive ketones (excluding diaryl/α,β-unsaturated/α-hetero) is 1. The van der Waals surface area contributed by atoms with Crippen molar-refractivity contribution >= 4 is 17.5 Å². The van der Waals surface area contributed by atoms with E-state index >= 15 is 0 Å². The smallest absolute Gasteiger partial charge is 0.176 e. The highest BCUT2D eigenvalue weighted by molar-refractivity contribution is 8.00. The van der Waals surface area contributed by atoms with Crippen LogP contribution in [0.5, 0.6) is 5.75 Å². The summed E-state index contributed by atoms with van der Waals surface area (Å²) in [5.74, 6) is 1.12. The highest BCUT2D eigenvalue weighted by Gasteiger charge is 2.13. The molecule has 0 unspecified atom stereocenters. The van der Waals surface area contributed by atoms with Gasteiger partial charge in [0.15, 0.2) is 5.78 Å². The lowest BCUT2D eigenvalue weighted by Gasteiger charge is -2.09. The quantitative estimate of drug-likeness (QED) is 0.562. The summed E-state index contributed by atoms with van der Waals surface area (Å²) in [5.41, 5.74) is 0.315. The molecule has 0 aliphatic heterocycles. The van der Waals surface area contributed by atoms with Gasteiger partial charge in [-0.25, -0.2) is 4.39 Å². The summed E-state index contributed by atoms with van der Waals surface area (Å²) in [6.45, 7) is 0.915. The molecule has 100 valence electrons. The zero-order valence-corrected chi connectivity index (χ0v) is 11.7. The van der Waals surface area contributed by atoms with Crippen LogP contribution in [0.25, 0.3) is 0 Å². The highest BCUT2D eigenvalue weighted by Crippen LogP contribution is 2.21. The average molecular weight is 271 g/mol. The standard InChI is InChI=1S/C13H18FNO2S/c1-15(2)6-7-18-9-12(16)11-8-10(14)4-5-13(11)17-3/h4-5,8H,6-7,9H2,1-3H3. The second kappa shape index (κ2) is 7.38. The predicted molar refractivity (Wildman–Crippen MR) is 73.2 cm³/mol. The van der Waals surface area contributed by atoms with Crippen LogP contribution in [0.3, 0.4) is 0 Å². The number of ketones is 1. The number of carbonyl (C=O) groups excluding carboxylic acids is 1. The molecule has 0 aliphatic rings. The maximum absolute atomic E-state index is 13.1. The summed E-state index contributed by atoms with van der Waals surface area (Å²) < 4.78 is 18.2. The maximum atomic E-state index is 13.1. The van der Waals surface area contributed by atoms with Crippen LogP contribution >= 0.6 is 11.8 Å². The normalized spacial score (nSPS) is 10.7. The number of benzene rings is 1. The zero-order valence-electron chi connectivity index (χ0n) is 10.9. The molecule has 18 heavy (non-hydrogen) atoms. The fourth-order valence-corrected chi connectivity index (χ4v) is 2.37. The first-order chi connectivity index (χ1) is 8.54. The molecule has 0 heterocycles. The summed E-state index contributed by atoms with van der Waals surface area (Å²) in [7, 11) is 5.44. The number of carbonyl (C=O) groups is 1. The van der Waals surface area contributed by atoms with Crippen molar-refractivity contribution in [2.24, 2.45) is 0 Å². The Labute approximate surface area is 111 Å². The van der Waals surface area contributed by atoms with Crippen LogP contribution in [0.15, 0.2) is 18.2 Å². The minimum atomic E-state index is -0.419.